The van der Waals surface area contributed by atoms with E-state index in [0.29, 0.717) is 0 Å². The summed E-state index contributed by atoms with van der Waals surface area (Å²) in [5.41, 5.74) is 7.36. The monoisotopic (exact) mass is 412 g/mol. The molecule has 0 saturated heterocycles. The van der Waals surface area contributed by atoms with E-state index in [1.54, 1.807) is 0 Å². The maximum absolute atomic E-state index is 6.05. The van der Waals surface area contributed by atoms with E-state index in [-0.39, 0.29) is 24.8 Å². The fraction of sp³-hybridized carbons (Fsp3) is 0.333. The van der Waals surface area contributed by atoms with E-state index in [0.717, 1.165) is 19.4 Å². The summed E-state index contributed by atoms with van der Waals surface area (Å²) in [6.07, 6.45) is 2.17. The van der Waals surface area contributed by atoms with Crippen LogP contribution in [0.15, 0.2) is 53.1 Å². The third-order valence-electron chi connectivity index (χ3n) is 4.83. The van der Waals surface area contributed by atoms with E-state index in [4.69, 9.17) is 3.32 Å². The molecular weight excluding hydrogens is 387 g/mol. The maximum atomic E-state index is 6.05. The van der Waals surface area contributed by atoms with E-state index < -0.39 is 19.5 Å². The first kappa shape index (κ1) is 22.5. The van der Waals surface area contributed by atoms with Crippen LogP contribution in [-0.2, 0) is 22.9 Å². The van der Waals surface area contributed by atoms with Gasteiger partial charge in [-0.05, 0) is 0 Å². The predicted octanol–water partition coefficient (Wildman–Crippen LogP) is 6.25. The second kappa shape index (κ2) is 9.95. The smallest absolute Gasteiger partial charge is 0.147 e. The molecular formula is C21H26Cl2OTi. The molecule has 3 rings (SSSR count). The van der Waals surface area contributed by atoms with Crippen molar-refractivity contribution in [3.63, 3.8) is 0 Å². The molecule has 25 heavy (non-hydrogen) atoms. The van der Waals surface area contributed by atoms with Crippen LogP contribution in [0.2, 0.25) is 0 Å². The summed E-state index contributed by atoms with van der Waals surface area (Å²) in [4.78, 5) is 0. The zero-order valence-corrected chi connectivity index (χ0v) is 18.5. The predicted molar refractivity (Wildman–Crippen MR) is 110 cm³/mol. The van der Waals surface area contributed by atoms with Gasteiger partial charge in [0.2, 0.25) is 0 Å². The van der Waals surface area contributed by atoms with Gasteiger partial charge in [-0.15, -0.1) is 24.8 Å². The molecule has 2 aromatic rings. The Morgan fingerprint density at radius 1 is 0.960 bits per heavy atom. The Labute approximate surface area is 173 Å². The first-order chi connectivity index (χ1) is 11.1. The first-order valence-corrected chi connectivity index (χ1v) is 9.81. The minimum Gasteiger partial charge on any atom is -0.147 e. The van der Waals surface area contributed by atoms with Crippen molar-refractivity contribution in [2.75, 3.05) is 6.61 Å². The number of benzene rings is 2. The Hall–Kier alpha value is -0.566. The molecule has 0 aliphatic heterocycles. The largest absolute Gasteiger partial charge is 0.147 e. The fourth-order valence-corrected chi connectivity index (χ4v) is 5.00. The Morgan fingerprint density at radius 3 is 2.32 bits per heavy atom. The maximum Gasteiger partial charge on any atom is -0.147 e. The summed E-state index contributed by atoms with van der Waals surface area (Å²) in [6.45, 7) is 9.83. The zero-order valence-electron chi connectivity index (χ0n) is 15.3. The van der Waals surface area contributed by atoms with Gasteiger partial charge in [0.05, 0.1) is 0 Å². The van der Waals surface area contributed by atoms with Crippen molar-refractivity contribution >= 4 is 45.0 Å². The van der Waals surface area contributed by atoms with Crippen molar-refractivity contribution in [2.24, 2.45) is 0 Å². The third-order valence-corrected chi connectivity index (χ3v) is 6.54. The Bertz CT molecular complexity index is 809. The molecule has 0 saturated carbocycles. The molecule has 134 valence electrons. The molecule has 0 amide bonds. The van der Waals surface area contributed by atoms with Gasteiger partial charge in [-0.3, -0.25) is 0 Å². The number of rotatable bonds is 5. The second-order valence-electron chi connectivity index (χ2n) is 6.35. The standard InChI is InChI=1S/C18H17.C3H7O.2ClH.Ti/c1-12-10-18(14(3)13(12)2)17-9-8-15-6-4-5-7-16(15)11-17;1-2-3-4;;;/h4-9H,10H2,1-3H3;2-3H2,1H3;2*1H;/q;-1;;;+1. The molecule has 2 aromatic carbocycles. The molecule has 1 aliphatic carbocycles. The van der Waals surface area contributed by atoms with Crippen LogP contribution in [0, 0.1) is 0 Å². The van der Waals surface area contributed by atoms with Crippen LogP contribution in [0.5, 0.6) is 0 Å². The zero-order chi connectivity index (χ0) is 16.4. The van der Waals surface area contributed by atoms with Gasteiger partial charge in [-0.25, -0.2) is 0 Å². The number of hydrogen-bond acceptors (Lipinski definition) is 1. The van der Waals surface area contributed by atoms with Gasteiger partial charge in [-0.2, -0.15) is 0 Å². The fourth-order valence-electron chi connectivity index (χ4n) is 3.23. The van der Waals surface area contributed by atoms with Crippen LogP contribution in [0.3, 0.4) is 0 Å². The summed E-state index contributed by atoms with van der Waals surface area (Å²) in [5.74, 6) is 0. The van der Waals surface area contributed by atoms with E-state index in [2.05, 4.69) is 64.1 Å². The van der Waals surface area contributed by atoms with Crippen LogP contribution in [0.4, 0.5) is 0 Å². The number of fused-ring (bicyclic) bond motifs is 1. The molecule has 0 aromatic heterocycles. The molecule has 0 atom stereocenters. The Morgan fingerprint density at radius 2 is 1.68 bits per heavy atom. The van der Waals surface area contributed by atoms with E-state index in [1.807, 2.05) is 0 Å². The molecule has 1 nitrogen and oxygen atoms in total. The SMILES string of the molecule is CCC[O][Ti][c]1c(C2=C(C)C(C)=C(C)C2)ccc2ccccc12.Cl.Cl. The average molecular weight is 413 g/mol. The van der Waals surface area contributed by atoms with Gasteiger partial charge in [0, 0.05) is 0 Å². The quantitative estimate of drug-likeness (QED) is 0.416. The molecule has 0 spiro atoms. The van der Waals surface area contributed by atoms with Crippen molar-refractivity contribution < 1.29 is 22.9 Å². The third kappa shape index (κ3) is 4.59. The summed E-state index contributed by atoms with van der Waals surface area (Å²) < 4.78 is 7.52. The Balaban J connectivity index is 0.00000156. The van der Waals surface area contributed by atoms with Crippen LogP contribution in [-0.4, -0.2) is 6.61 Å². The van der Waals surface area contributed by atoms with Crippen molar-refractivity contribution in [2.45, 2.75) is 40.5 Å². The minimum atomic E-state index is -0.575. The van der Waals surface area contributed by atoms with Crippen LogP contribution < -0.4 is 3.87 Å². The summed E-state index contributed by atoms with van der Waals surface area (Å²) in [6, 6.07) is 13.3. The van der Waals surface area contributed by atoms with E-state index in [1.165, 1.54) is 42.5 Å². The van der Waals surface area contributed by atoms with Crippen molar-refractivity contribution in [1.29, 1.82) is 0 Å². The van der Waals surface area contributed by atoms with Crippen LogP contribution in [0.25, 0.3) is 16.3 Å². The summed E-state index contributed by atoms with van der Waals surface area (Å²) in [7, 11) is 0. The van der Waals surface area contributed by atoms with Gasteiger partial charge >= 0.3 is 149 Å². The number of hydrogen-bond donors (Lipinski definition) is 0. The summed E-state index contributed by atoms with van der Waals surface area (Å²) in [5, 5.41) is 2.70. The molecule has 0 N–H and O–H groups in total. The molecule has 0 bridgehead atoms. The second-order valence-corrected chi connectivity index (χ2v) is 7.90. The van der Waals surface area contributed by atoms with Crippen molar-refractivity contribution in [1.82, 2.24) is 0 Å². The Kier molecular flexibility index (Phi) is 8.94. The molecule has 0 fully saturated rings. The van der Waals surface area contributed by atoms with Gasteiger partial charge in [-0.1, -0.05) is 0 Å². The van der Waals surface area contributed by atoms with Crippen molar-refractivity contribution in [3.05, 3.63) is 58.7 Å². The van der Waals surface area contributed by atoms with Crippen LogP contribution in [0.1, 0.15) is 46.1 Å². The molecule has 0 unspecified atom stereocenters. The molecule has 4 heteroatoms. The van der Waals surface area contributed by atoms with E-state index >= 15 is 0 Å². The van der Waals surface area contributed by atoms with Gasteiger partial charge < -0.3 is 0 Å². The molecule has 1 aliphatic rings. The first-order valence-electron chi connectivity index (χ1n) is 8.40. The van der Waals surface area contributed by atoms with Crippen LogP contribution >= 0.6 is 24.8 Å². The van der Waals surface area contributed by atoms with Gasteiger partial charge in [0.25, 0.3) is 0 Å². The number of halogens is 2. The average Bonchev–Trinajstić information content (AvgIpc) is 2.82. The van der Waals surface area contributed by atoms with Crippen molar-refractivity contribution in [3.8, 4) is 0 Å². The normalized spacial score (nSPS) is 13.8. The molecule has 0 radical (unpaired) electrons. The summed E-state index contributed by atoms with van der Waals surface area (Å²) >= 11 is -0.575. The molecule has 0 heterocycles. The van der Waals surface area contributed by atoms with E-state index in [9.17, 15) is 0 Å². The van der Waals surface area contributed by atoms with Gasteiger partial charge in [0.15, 0.2) is 0 Å². The topological polar surface area (TPSA) is 9.23 Å². The minimum absolute atomic E-state index is 0. The van der Waals surface area contributed by atoms with Gasteiger partial charge in [0.1, 0.15) is 0 Å². The number of allylic oxidation sites excluding steroid dienone is 4.